The molecule has 0 radical (unpaired) electrons. The summed E-state index contributed by atoms with van der Waals surface area (Å²) in [4.78, 5) is 24.5. The molecule has 0 saturated carbocycles. The lowest BCUT2D eigenvalue weighted by atomic mass is 10.1. The van der Waals surface area contributed by atoms with Crippen molar-refractivity contribution >= 4 is 11.9 Å². The monoisotopic (exact) mass is 243 g/mol. The first kappa shape index (κ1) is 14.0. The van der Waals surface area contributed by atoms with Crippen LogP contribution in [0.5, 0.6) is 0 Å². The van der Waals surface area contributed by atoms with Crippen LogP contribution in [0.25, 0.3) is 0 Å². The number of carboxylic acid groups (broad SMARTS) is 1. The van der Waals surface area contributed by atoms with E-state index in [1.807, 2.05) is 13.8 Å². The van der Waals surface area contributed by atoms with Gasteiger partial charge in [0.2, 0.25) is 5.91 Å². The molecule has 0 bridgehead atoms. The van der Waals surface area contributed by atoms with E-state index in [4.69, 9.17) is 9.84 Å². The van der Waals surface area contributed by atoms with Crippen LogP contribution in [0.4, 0.5) is 0 Å². The number of amides is 1. The smallest absolute Gasteiger partial charge is 0.326 e. The quantitative estimate of drug-likeness (QED) is 0.807. The summed E-state index contributed by atoms with van der Waals surface area (Å²) in [6, 6.07) is -0.680. The van der Waals surface area contributed by atoms with Gasteiger partial charge in [0.25, 0.3) is 0 Å². The standard InChI is InChI=1S/C12H21NO4/c1-9(2)17-8-11(14)13-7-5-3-4-6-10(13)12(15)16/h9-10H,3-8H2,1-2H3,(H,15,16). The first-order chi connectivity index (χ1) is 8.02. The van der Waals surface area contributed by atoms with E-state index in [9.17, 15) is 9.59 Å². The van der Waals surface area contributed by atoms with E-state index in [-0.39, 0.29) is 18.6 Å². The number of carbonyl (C=O) groups is 2. The number of likely N-dealkylation sites (tertiary alicyclic amines) is 1. The maximum absolute atomic E-state index is 11.9. The summed E-state index contributed by atoms with van der Waals surface area (Å²) in [6.07, 6.45) is 3.25. The van der Waals surface area contributed by atoms with Crippen LogP contribution in [0.2, 0.25) is 0 Å². The molecule has 1 rings (SSSR count). The van der Waals surface area contributed by atoms with Crippen molar-refractivity contribution in [2.75, 3.05) is 13.2 Å². The number of carbonyl (C=O) groups excluding carboxylic acids is 1. The van der Waals surface area contributed by atoms with Crippen molar-refractivity contribution in [3.8, 4) is 0 Å². The Kier molecular flexibility index (Phi) is 5.41. The van der Waals surface area contributed by atoms with E-state index < -0.39 is 12.0 Å². The molecule has 1 aliphatic heterocycles. The molecule has 1 aliphatic rings. The van der Waals surface area contributed by atoms with Crippen LogP contribution < -0.4 is 0 Å². The lowest BCUT2D eigenvalue weighted by Gasteiger charge is -2.27. The van der Waals surface area contributed by atoms with Crippen LogP contribution in [-0.4, -0.2) is 47.2 Å². The van der Waals surface area contributed by atoms with Gasteiger partial charge in [-0.25, -0.2) is 4.79 Å². The number of nitrogens with zero attached hydrogens (tertiary/aromatic N) is 1. The molecule has 1 saturated heterocycles. The van der Waals surface area contributed by atoms with Gasteiger partial charge in [-0.1, -0.05) is 12.8 Å². The predicted molar refractivity (Wildman–Crippen MR) is 62.7 cm³/mol. The molecule has 5 heteroatoms. The molecule has 1 fully saturated rings. The predicted octanol–water partition coefficient (Wildman–Crippen LogP) is 1.27. The summed E-state index contributed by atoms with van der Waals surface area (Å²) in [7, 11) is 0. The summed E-state index contributed by atoms with van der Waals surface area (Å²) < 4.78 is 5.24. The molecule has 1 atom stereocenters. The van der Waals surface area contributed by atoms with Crippen LogP contribution in [-0.2, 0) is 14.3 Å². The fourth-order valence-electron chi connectivity index (χ4n) is 1.98. The number of rotatable bonds is 4. The first-order valence-electron chi connectivity index (χ1n) is 6.16. The molecular formula is C12H21NO4. The number of carboxylic acids is 1. The molecule has 0 spiro atoms. The Balaban J connectivity index is 2.62. The average molecular weight is 243 g/mol. The van der Waals surface area contributed by atoms with Gasteiger partial charge < -0.3 is 14.7 Å². The molecule has 0 aromatic carbocycles. The minimum atomic E-state index is -0.912. The van der Waals surface area contributed by atoms with Crippen LogP contribution in [0.15, 0.2) is 0 Å². The van der Waals surface area contributed by atoms with Crippen molar-refractivity contribution in [1.82, 2.24) is 4.90 Å². The Morgan fingerprint density at radius 2 is 2.06 bits per heavy atom. The minimum absolute atomic E-state index is 0.0193. The second kappa shape index (κ2) is 6.59. The third-order valence-electron chi connectivity index (χ3n) is 2.90. The second-order valence-corrected chi connectivity index (χ2v) is 4.65. The van der Waals surface area contributed by atoms with Crippen LogP contribution >= 0.6 is 0 Å². The molecule has 17 heavy (non-hydrogen) atoms. The van der Waals surface area contributed by atoms with Crippen molar-refractivity contribution in [2.45, 2.75) is 51.7 Å². The lowest BCUT2D eigenvalue weighted by molar-refractivity contribution is -0.152. The van der Waals surface area contributed by atoms with Gasteiger partial charge in [0.1, 0.15) is 12.6 Å². The highest BCUT2D eigenvalue weighted by atomic mass is 16.5. The van der Waals surface area contributed by atoms with Gasteiger partial charge in [0, 0.05) is 6.54 Å². The fourth-order valence-corrected chi connectivity index (χ4v) is 1.98. The Morgan fingerprint density at radius 3 is 2.65 bits per heavy atom. The van der Waals surface area contributed by atoms with Crippen LogP contribution in [0, 0.1) is 0 Å². The van der Waals surface area contributed by atoms with Gasteiger partial charge >= 0.3 is 5.97 Å². The van der Waals surface area contributed by atoms with E-state index in [0.29, 0.717) is 13.0 Å². The third kappa shape index (κ3) is 4.34. The lowest BCUT2D eigenvalue weighted by Crippen LogP contribution is -2.46. The van der Waals surface area contributed by atoms with Crippen molar-refractivity contribution in [3.63, 3.8) is 0 Å². The van der Waals surface area contributed by atoms with Crippen molar-refractivity contribution in [1.29, 1.82) is 0 Å². The zero-order chi connectivity index (χ0) is 12.8. The highest BCUT2D eigenvalue weighted by Crippen LogP contribution is 2.17. The summed E-state index contributed by atoms with van der Waals surface area (Å²) >= 11 is 0. The Bertz CT molecular complexity index is 278. The molecule has 0 aliphatic carbocycles. The van der Waals surface area contributed by atoms with Crippen molar-refractivity contribution < 1.29 is 19.4 Å². The number of aliphatic carboxylic acids is 1. The summed E-state index contributed by atoms with van der Waals surface area (Å²) in [5.74, 6) is -1.13. The molecule has 0 aromatic rings. The minimum Gasteiger partial charge on any atom is -0.480 e. The summed E-state index contributed by atoms with van der Waals surface area (Å²) in [6.45, 7) is 4.20. The molecule has 1 N–H and O–H groups in total. The summed E-state index contributed by atoms with van der Waals surface area (Å²) in [5.41, 5.74) is 0. The van der Waals surface area contributed by atoms with E-state index in [1.54, 1.807) is 0 Å². The molecular weight excluding hydrogens is 222 g/mol. The average Bonchev–Trinajstić information content (AvgIpc) is 2.50. The molecule has 0 aromatic heterocycles. The van der Waals surface area contributed by atoms with Crippen LogP contribution in [0.3, 0.4) is 0 Å². The highest BCUT2D eigenvalue weighted by molar-refractivity contribution is 5.84. The normalized spacial score (nSPS) is 21.4. The van der Waals surface area contributed by atoms with Gasteiger partial charge in [-0.15, -0.1) is 0 Å². The molecule has 5 nitrogen and oxygen atoms in total. The van der Waals surface area contributed by atoms with Crippen LogP contribution in [0.1, 0.15) is 39.5 Å². The number of ether oxygens (including phenoxy) is 1. The topological polar surface area (TPSA) is 66.8 Å². The number of hydrogen-bond donors (Lipinski definition) is 1. The zero-order valence-corrected chi connectivity index (χ0v) is 10.5. The zero-order valence-electron chi connectivity index (χ0n) is 10.5. The van der Waals surface area contributed by atoms with E-state index in [2.05, 4.69) is 0 Å². The largest absolute Gasteiger partial charge is 0.480 e. The first-order valence-corrected chi connectivity index (χ1v) is 6.16. The van der Waals surface area contributed by atoms with E-state index in [1.165, 1.54) is 4.90 Å². The maximum Gasteiger partial charge on any atom is 0.326 e. The van der Waals surface area contributed by atoms with Gasteiger partial charge in [-0.05, 0) is 26.7 Å². The maximum atomic E-state index is 11.9. The summed E-state index contributed by atoms with van der Waals surface area (Å²) in [5, 5.41) is 9.13. The second-order valence-electron chi connectivity index (χ2n) is 4.65. The fraction of sp³-hybridized carbons (Fsp3) is 0.833. The molecule has 1 heterocycles. The Hall–Kier alpha value is -1.10. The van der Waals surface area contributed by atoms with Gasteiger partial charge in [-0.3, -0.25) is 4.79 Å². The van der Waals surface area contributed by atoms with E-state index >= 15 is 0 Å². The van der Waals surface area contributed by atoms with Crippen molar-refractivity contribution in [2.24, 2.45) is 0 Å². The third-order valence-corrected chi connectivity index (χ3v) is 2.90. The van der Waals surface area contributed by atoms with Gasteiger partial charge in [-0.2, -0.15) is 0 Å². The molecule has 1 amide bonds. The molecule has 98 valence electrons. The highest BCUT2D eigenvalue weighted by Gasteiger charge is 2.30. The number of hydrogen-bond acceptors (Lipinski definition) is 3. The Morgan fingerprint density at radius 1 is 1.35 bits per heavy atom. The van der Waals surface area contributed by atoms with Gasteiger partial charge in [0.15, 0.2) is 0 Å². The Labute approximate surface area is 102 Å². The van der Waals surface area contributed by atoms with Crippen molar-refractivity contribution in [3.05, 3.63) is 0 Å². The molecule has 1 unspecified atom stereocenters. The van der Waals surface area contributed by atoms with Gasteiger partial charge in [0.05, 0.1) is 6.10 Å². The van der Waals surface area contributed by atoms with E-state index in [0.717, 1.165) is 19.3 Å². The SMILES string of the molecule is CC(C)OCC(=O)N1CCCCCC1C(=O)O.